The molecular formula is C17H17Cl2F3N4O2S2. The minimum atomic E-state index is -4.29. The number of hydrogen-bond acceptors (Lipinski definition) is 6. The van der Waals surface area contributed by atoms with Gasteiger partial charge in [0.25, 0.3) is 15.9 Å². The lowest BCUT2D eigenvalue weighted by Crippen LogP contribution is -2.44. The van der Waals surface area contributed by atoms with Gasteiger partial charge in [-0.2, -0.15) is 0 Å². The first-order chi connectivity index (χ1) is 14.0. The van der Waals surface area contributed by atoms with Crippen molar-refractivity contribution < 1.29 is 21.6 Å². The molecule has 1 aromatic carbocycles. The van der Waals surface area contributed by atoms with Crippen molar-refractivity contribution in [1.29, 1.82) is 0 Å². The predicted octanol–water partition coefficient (Wildman–Crippen LogP) is 4.68. The highest BCUT2D eigenvalue weighted by Gasteiger charge is 2.56. The monoisotopic (exact) mass is 500 g/mol. The Bertz CT molecular complexity index is 1080. The molecule has 1 atom stereocenters. The van der Waals surface area contributed by atoms with E-state index in [1.807, 2.05) is 0 Å². The third kappa shape index (κ3) is 4.22. The Morgan fingerprint density at radius 3 is 2.77 bits per heavy atom. The van der Waals surface area contributed by atoms with Crippen LogP contribution in [-0.4, -0.2) is 49.4 Å². The molecule has 1 aromatic heterocycles. The summed E-state index contributed by atoms with van der Waals surface area (Å²) in [5.41, 5.74) is -0.582. The second kappa shape index (κ2) is 7.70. The molecule has 2 aliphatic rings. The van der Waals surface area contributed by atoms with Crippen molar-refractivity contribution in [2.45, 2.75) is 35.6 Å². The molecule has 2 aliphatic heterocycles. The van der Waals surface area contributed by atoms with Gasteiger partial charge in [-0.05, 0) is 31.5 Å². The van der Waals surface area contributed by atoms with Gasteiger partial charge in [0, 0.05) is 18.5 Å². The maximum Gasteiger partial charge on any atom is 0.266 e. The minimum absolute atomic E-state index is 0.0136. The van der Waals surface area contributed by atoms with Gasteiger partial charge < -0.3 is 5.32 Å². The van der Waals surface area contributed by atoms with Crippen molar-refractivity contribution in [2.75, 3.05) is 29.7 Å². The number of nitrogens with one attached hydrogen (secondary N) is 2. The smallest absolute Gasteiger partial charge is 0.266 e. The first-order valence-corrected chi connectivity index (χ1v) is 12.1. The van der Waals surface area contributed by atoms with E-state index in [1.165, 1.54) is 6.20 Å². The predicted molar refractivity (Wildman–Crippen MR) is 111 cm³/mol. The van der Waals surface area contributed by atoms with E-state index < -0.39 is 32.2 Å². The van der Waals surface area contributed by atoms with E-state index in [9.17, 15) is 21.6 Å². The van der Waals surface area contributed by atoms with E-state index in [0.717, 1.165) is 29.9 Å². The number of rotatable bonds is 6. The van der Waals surface area contributed by atoms with Crippen LogP contribution >= 0.6 is 34.5 Å². The normalized spacial score (nSPS) is 23.5. The lowest BCUT2D eigenvalue weighted by atomic mass is 9.93. The van der Waals surface area contributed by atoms with Crippen molar-refractivity contribution in [1.82, 2.24) is 9.88 Å². The molecule has 30 heavy (non-hydrogen) atoms. The molecule has 164 valence electrons. The molecule has 2 fully saturated rings. The van der Waals surface area contributed by atoms with Crippen molar-refractivity contribution in [2.24, 2.45) is 0 Å². The van der Waals surface area contributed by atoms with E-state index in [2.05, 4.69) is 15.0 Å². The minimum Gasteiger partial charge on any atom is -0.382 e. The van der Waals surface area contributed by atoms with Gasteiger partial charge in [0.05, 0.1) is 23.5 Å². The Morgan fingerprint density at radius 1 is 1.30 bits per heavy atom. The molecule has 0 spiro atoms. The molecule has 2 aromatic rings. The maximum absolute atomic E-state index is 14.6. The number of alkyl halides is 2. The summed E-state index contributed by atoms with van der Waals surface area (Å²) in [6, 6.07) is 1.93. The largest absolute Gasteiger partial charge is 0.382 e. The van der Waals surface area contributed by atoms with Crippen LogP contribution in [0.3, 0.4) is 0 Å². The highest BCUT2D eigenvalue weighted by Crippen LogP contribution is 2.46. The number of anilines is 2. The summed E-state index contributed by atoms with van der Waals surface area (Å²) in [6.45, 7) is 0.451. The average Bonchev–Trinajstić information content (AvgIpc) is 3.26. The van der Waals surface area contributed by atoms with Gasteiger partial charge in [-0.25, -0.2) is 26.6 Å². The van der Waals surface area contributed by atoms with Gasteiger partial charge in [0.1, 0.15) is 15.0 Å². The van der Waals surface area contributed by atoms with E-state index in [-0.39, 0.29) is 39.7 Å². The molecule has 0 unspecified atom stereocenters. The number of benzene rings is 1. The second-order valence-electron chi connectivity index (χ2n) is 7.47. The van der Waals surface area contributed by atoms with Crippen LogP contribution in [0.5, 0.6) is 0 Å². The zero-order valence-corrected chi connectivity index (χ0v) is 18.5. The highest BCUT2D eigenvalue weighted by molar-refractivity contribution is 7.93. The number of halogens is 5. The highest BCUT2D eigenvalue weighted by atomic mass is 35.5. The Balaban J connectivity index is 1.53. The van der Waals surface area contributed by atoms with Crippen LogP contribution in [0.25, 0.3) is 0 Å². The number of sulfonamides is 1. The van der Waals surface area contributed by atoms with Crippen molar-refractivity contribution in [3.8, 4) is 0 Å². The molecular weight excluding hydrogens is 484 g/mol. The van der Waals surface area contributed by atoms with E-state index in [0.29, 0.717) is 13.0 Å². The van der Waals surface area contributed by atoms with Crippen molar-refractivity contribution in [3.05, 3.63) is 33.5 Å². The Morgan fingerprint density at radius 2 is 2.07 bits per heavy atom. The SMILES string of the molecule is O=S(=O)(Nc1ncc(Cl)s1)c1cc(Cl)c(NC[C@@]23CCCN2CC(F)(F)C3)cc1F. The molecule has 0 aliphatic carbocycles. The van der Waals surface area contributed by atoms with Crippen molar-refractivity contribution >= 4 is 55.4 Å². The van der Waals surface area contributed by atoms with Gasteiger partial charge in [-0.3, -0.25) is 9.62 Å². The van der Waals surface area contributed by atoms with Crippen LogP contribution in [0, 0.1) is 5.82 Å². The van der Waals surface area contributed by atoms with Gasteiger partial charge in [0.15, 0.2) is 5.13 Å². The van der Waals surface area contributed by atoms with E-state index >= 15 is 0 Å². The first kappa shape index (κ1) is 21.9. The second-order valence-corrected chi connectivity index (χ2v) is 11.2. The number of fused-ring (bicyclic) bond motifs is 1. The fraction of sp³-hybridized carbons (Fsp3) is 0.471. The molecule has 0 radical (unpaired) electrons. The summed E-state index contributed by atoms with van der Waals surface area (Å²) in [5, 5.41) is 2.88. The van der Waals surface area contributed by atoms with Crippen LogP contribution in [0.2, 0.25) is 9.36 Å². The van der Waals surface area contributed by atoms with Crippen molar-refractivity contribution in [3.63, 3.8) is 0 Å². The lowest BCUT2D eigenvalue weighted by molar-refractivity contribution is 0.00976. The van der Waals surface area contributed by atoms with Gasteiger partial charge in [-0.15, -0.1) is 0 Å². The van der Waals surface area contributed by atoms with Crippen LogP contribution < -0.4 is 10.0 Å². The van der Waals surface area contributed by atoms with Crippen LogP contribution in [-0.2, 0) is 10.0 Å². The lowest BCUT2D eigenvalue weighted by Gasteiger charge is -2.32. The molecule has 2 saturated heterocycles. The first-order valence-electron chi connectivity index (χ1n) is 9.00. The Hall–Kier alpha value is -1.27. The summed E-state index contributed by atoms with van der Waals surface area (Å²) >= 11 is 12.8. The number of nitrogens with zero attached hydrogens (tertiary/aromatic N) is 2. The van der Waals surface area contributed by atoms with E-state index in [4.69, 9.17) is 23.2 Å². The zero-order valence-electron chi connectivity index (χ0n) is 15.4. The molecule has 0 bridgehead atoms. The summed E-state index contributed by atoms with van der Waals surface area (Å²) in [6.07, 6.45) is 2.39. The van der Waals surface area contributed by atoms with Gasteiger partial charge in [-0.1, -0.05) is 34.5 Å². The molecule has 3 heterocycles. The number of thiazole rings is 1. The fourth-order valence-corrected chi connectivity index (χ4v) is 6.56. The molecule has 6 nitrogen and oxygen atoms in total. The fourth-order valence-electron chi connectivity index (χ4n) is 4.12. The maximum atomic E-state index is 14.6. The molecule has 4 rings (SSSR count). The topological polar surface area (TPSA) is 74.3 Å². The Kier molecular flexibility index (Phi) is 5.63. The van der Waals surface area contributed by atoms with Crippen LogP contribution in [0.15, 0.2) is 23.2 Å². The molecule has 13 heteroatoms. The molecule has 0 amide bonds. The summed E-state index contributed by atoms with van der Waals surface area (Å²) < 4.78 is 69.8. The summed E-state index contributed by atoms with van der Waals surface area (Å²) in [4.78, 5) is 4.87. The zero-order chi connectivity index (χ0) is 21.7. The third-order valence-electron chi connectivity index (χ3n) is 5.37. The van der Waals surface area contributed by atoms with Crippen LogP contribution in [0.4, 0.5) is 24.0 Å². The van der Waals surface area contributed by atoms with Gasteiger partial charge >= 0.3 is 0 Å². The number of hydrogen-bond donors (Lipinski definition) is 2. The summed E-state index contributed by atoms with van der Waals surface area (Å²) in [7, 11) is -4.29. The molecule has 0 saturated carbocycles. The summed E-state index contributed by atoms with van der Waals surface area (Å²) in [5.74, 6) is -3.80. The quantitative estimate of drug-likeness (QED) is 0.602. The average molecular weight is 501 g/mol. The standard InChI is InChI=1S/C17H17Cl2F3N4O2S2/c18-10-4-13(30(27,28)25-15-23-6-14(19)29-15)11(20)5-12(10)24-8-16-2-1-3-26(16)9-17(21,22)7-16/h4-6,24H,1-3,7-9H2,(H,23,25)/t16-/m0/s1. The van der Waals surface area contributed by atoms with Gasteiger partial charge in [0.2, 0.25) is 0 Å². The third-order valence-corrected chi connectivity index (χ3v) is 8.20. The van der Waals surface area contributed by atoms with Crippen LogP contribution in [0.1, 0.15) is 19.3 Å². The molecule has 2 N–H and O–H groups in total. The number of aromatic nitrogens is 1. The van der Waals surface area contributed by atoms with E-state index in [1.54, 1.807) is 4.90 Å². The Labute approximate surface area is 185 Å².